The van der Waals surface area contributed by atoms with Gasteiger partial charge in [0.15, 0.2) is 0 Å². The number of benzene rings is 1. The van der Waals surface area contributed by atoms with Crippen LogP contribution in [0.4, 0.5) is 32.0 Å². The molecule has 2 N–H and O–H groups in total. The van der Waals surface area contributed by atoms with Crippen LogP contribution in [0.5, 0.6) is 5.75 Å². The topological polar surface area (TPSA) is 53.1 Å². The minimum Gasteiger partial charge on any atom is -0.406 e. The minimum atomic E-state index is -4.86. The summed E-state index contributed by atoms with van der Waals surface area (Å²) >= 11 is 0. The van der Waals surface area contributed by atoms with E-state index in [1.165, 1.54) is 6.07 Å². The summed E-state index contributed by atoms with van der Waals surface area (Å²) in [5.41, 5.74) is 6.03. The summed E-state index contributed by atoms with van der Waals surface area (Å²) in [6.07, 6.45) is -7.05. The van der Waals surface area contributed by atoms with Crippen LogP contribution < -0.4 is 10.5 Å². The van der Waals surface area contributed by atoms with E-state index in [-0.39, 0.29) is 16.8 Å². The lowest BCUT2D eigenvalue weighted by Crippen LogP contribution is -2.17. The van der Waals surface area contributed by atoms with Crippen LogP contribution in [0.15, 0.2) is 30.6 Å². The van der Waals surface area contributed by atoms with Crippen molar-refractivity contribution in [1.82, 2.24) is 9.78 Å². The predicted octanol–water partition coefficient (Wildman–Crippen LogP) is 3.59. The Morgan fingerprint density at radius 1 is 1.14 bits per heavy atom. The third kappa shape index (κ3) is 4.30. The van der Waals surface area contributed by atoms with Gasteiger partial charge in [-0.2, -0.15) is 18.3 Å². The van der Waals surface area contributed by atoms with E-state index in [0.29, 0.717) is 4.68 Å². The first-order valence-corrected chi connectivity index (χ1v) is 5.78. The largest absolute Gasteiger partial charge is 0.573 e. The SMILES string of the molecule is Nc1cc(OC(F)(F)F)ccc1-c1cnn(CC(F)(F)F)c1. The Kier molecular flexibility index (Phi) is 3.94. The fourth-order valence-corrected chi connectivity index (χ4v) is 1.77. The van der Waals surface area contributed by atoms with Gasteiger partial charge in [-0.1, -0.05) is 0 Å². The molecule has 0 bridgehead atoms. The maximum absolute atomic E-state index is 12.2. The second-order valence-corrected chi connectivity index (χ2v) is 4.34. The summed E-state index contributed by atoms with van der Waals surface area (Å²) in [7, 11) is 0. The van der Waals surface area contributed by atoms with Crippen LogP contribution in [0.2, 0.25) is 0 Å². The highest BCUT2D eigenvalue weighted by molar-refractivity contribution is 5.76. The van der Waals surface area contributed by atoms with E-state index in [4.69, 9.17) is 5.73 Å². The normalized spacial score (nSPS) is 12.5. The molecule has 1 aromatic carbocycles. The Balaban J connectivity index is 2.23. The molecule has 0 unspecified atom stereocenters. The fourth-order valence-electron chi connectivity index (χ4n) is 1.77. The molecule has 0 saturated carbocycles. The number of alkyl halides is 6. The molecule has 22 heavy (non-hydrogen) atoms. The fraction of sp³-hybridized carbons (Fsp3) is 0.250. The van der Waals surface area contributed by atoms with Gasteiger partial charge in [-0.3, -0.25) is 4.68 Å². The van der Waals surface area contributed by atoms with E-state index >= 15 is 0 Å². The zero-order chi connectivity index (χ0) is 16.5. The summed E-state index contributed by atoms with van der Waals surface area (Å²) in [6.45, 7) is -1.28. The number of nitrogen functional groups attached to an aromatic ring is 1. The number of ether oxygens (including phenoxy) is 1. The maximum Gasteiger partial charge on any atom is 0.573 e. The van der Waals surface area contributed by atoms with Crippen LogP contribution in [0.3, 0.4) is 0 Å². The van der Waals surface area contributed by atoms with Gasteiger partial charge >= 0.3 is 12.5 Å². The Bertz CT molecular complexity index is 662. The number of hydrogen-bond acceptors (Lipinski definition) is 3. The number of halogens is 6. The van der Waals surface area contributed by atoms with E-state index in [1.54, 1.807) is 0 Å². The van der Waals surface area contributed by atoms with E-state index in [1.807, 2.05) is 0 Å². The van der Waals surface area contributed by atoms with Crippen molar-refractivity contribution in [3.05, 3.63) is 30.6 Å². The van der Waals surface area contributed by atoms with E-state index in [0.717, 1.165) is 24.5 Å². The van der Waals surface area contributed by atoms with Crippen molar-refractivity contribution in [3.63, 3.8) is 0 Å². The van der Waals surface area contributed by atoms with E-state index < -0.39 is 24.8 Å². The highest BCUT2D eigenvalue weighted by Crippen LogP contribution is 2.32. The zero-order valence-corrected chi connectivity index (χ0v) is 10.7. The quantitative estimate of drug-likeness (QED) is 0.693. The maximum atomic E-state index is 12.2. The Labute approximate surface area is 120 Å². The second-order valence-electron chi connectivity index (χ2n) is 4.34. The van der Waals surface area contributed by atoms with Gasteiger partial charge in [0.2, 0.25) is 0 Å². The molecule has 2 rings (SSSR count). The van der Waals surface area contributed by atoms with Gasteiger partial charge in [0.05, 0.1) is 6.20 Å². The molecule has 4 nitrogen and oxygen atoms in total. The lowest BCUT2D eigenvalue weighted by Gasteiger charge is -2.10. The lowest BCUT2D eigenvalue weighted by molar-refractivity contribution is -0.274. The molecule has 0 fully saturated rings. The molecular formula is C12H9F6N3O. The first-order valence-electron chi connectivity index (χ1n) is 5.78. The molecule has 0 amide bonds. The van der Waals surface area contributed by atoms with Gasteiger partial charge in [-0.15, -0.1) is 13.2 Å². The monoisotopic (exact) mass is 325 g/mol. The third-order valence-electron chi connectivity index (χ3n) is 2.54. The van der Waals surface area contributed by atoms with Crippen molar-refractivity contribution in [1.29, 1.82) is 0 Å². The molecule has 0 aliphatic carbocycles. The van der Waals surface area contributed by atoms with Crippen LogP contribution in [-0.4, -0.2) is 22.3 Å². The molecule has 0 saturated heterocycles. The molecule has 2 aromatic rings. The Hall–Kier alpha value is -2.39. The Morgan fingerprint density at radius 3 is 2.36 bits per heavy atom. The second kappa shape index (κ2) is 5.43. The van der Waals surface area contributed by atoms with Crippen LogP contribution in [0.25, 0.3) is 11.1 Å². The predicted molar refractivity (Wildman–Crippen MR) is 64.8 cm³/mol. The van der Waals surface area contributed by atoms with Crippen LogP contribution >= 0.6 is 0 Å². The van der Waals surface area contributed by atoms with Crippen molar-refractivity contribution in [3.8, 4) is 16.9 Å². The Morgan fingerprint density at radius 2 is 1.82 bits per heavy atom. The summed E-state index contributed by atoms with van der Waals surface area (Å²) in [6, 6.07) is 3.16. The average molecular weight is 325 g/mol. The number of nitrogens with zero attached hydrogens (tertiary/aromatic N) is 2. The first kappa shape index (κ1) is 16.0. The van der Waals surface area contributed by atoms with E-state index in [2.05, 4.69) is 9.84 Å². The molecule has 0 atom stereocenters. The van der Waals surface area contributed by atoms with Gasteiger partial charge in [0, 0.05) is 29.1 Å². The average Bonchev–Trinajstić information content (AvgIpc) is 2.72. The van der Waals surface area contributed by atoms with Gasteiger partial charge in [-0.05, 0) is 12.1 Å². The summed E-state index contributed by atoms with van der Waals surface area (Å²) in [5.74, 6) is -0.517. The third-order valence-corrected chi connectivity index (χ3v) is 2.54. The van der Waals surface area contributed by atoms with Crippen molar-refractivity contribution >= 4 is 5.69 Å². The molecule has 0 aliphatic rings. The highest BCUT2D eigenvalue weighted by atomic mass is 19.4. The lowest BCUT2D eigenvalue weighted by atomic mass is 10.1. The molecular weight excluding hydrogens is 316 g/mol. The van der Waals surface area contributed by atoms with Crippen molar-refractivity contribution < 1.29 is 31.1 Å². The summed E-state index contributed by atoms with van der Waals surface area (Å²) in [5, 5.41) is 3.53. The summed E-state index contributed by atoms with van der Waals surface area (Å²) < 4.78 is 77.3. The smallest absolute Gasteiger partial charge is 0.406 e. The van der Waals surface area contributed by atoms with Gasteiger partial charge in [0.25, 0.3) is 0 Å². The molecule has 10 heteroatoms. The molecule has 0 radical (unpaired) electrons. The number of rotatable bonds is 3. The zero-order valence-electron chi connectivity index (χ0n) is 10.7. The first-order chi connectivity index (χ1) is 10.0. The number of nitrogens with two attached hydrogens (primary N) is 1. The number of hydrogen-bond donors (Lipinski definition) is 1. The highest BCUT2D eigenvalue weighted by Gasteiger charge is 2.31. The van der Waals surface area contributed by atoms with Crippen molar-refractivity contribution in [2.75, 3.05) is 5.73 Å². The molecule has 1 heterocycles. The summed E-state index contributed by atoms with van der Waals surface area (Å²) in [4.78, 5) is 0. The number of anilines is 1. The van der Waals surface area contributed by atoms with E-state index in [9.17, 15) is 26.3 Å². The van der Waals surface area contributed by atoms with Gasteiger partial charge in [0.1, 0.15) is 12.3 Å². The van der Waals surface area contributed by atoms with Gasteiger partial charge in [-0.25, -0.2) is 0 Å². The molecule has 120 valence electrons. The van der Waals surface area contributed by atoms with Crippen molar-refractivity contribution in [2.24, 2.45) is 0 Å². The van der Waals surface area contributed by atoms with Crippen LogP contribution in [0, 0.1) is 0 Å². The number of aromatic nitrogens is 2. The van der Waals surface area contributed by atoms with Crippen LogP contribution in [0.1, 0.15) is 0 Å². The van der Waals surface area contributed by atoms with Gasteiger partial charge < -0.3 is 10.5 Å². The van der Waals surface area contributed by atoms with Crippen LogP contribution in [-0.2, 0) is 6.54 Å². The van der Waals surface area contributed by atoms with Crippen molar-refractivity contribution in [2.45, 2.75) is 19.1 Å². The minimum absolute atomic E-state index is 0.0756. The molecule has 1 aromatic heterocycles. The standard InChI is InChI=1S/C12H9F6N3O/c13-11(14,15)6-21-5-7(4-20-21)9-2-1-8(3-10(9)19)22-12(16,17)18/h1-5H,6,19H2. The molecule has 0 aliphatic heterocycles. The molecule has 0 spiro atoms.